The first-order valence-electron chi connectivity index (χ1n) is 4.00. The molecule has 0 spiro atoms. The second kappa shape index (κ2) is 3.75. The number of hydrogen-bond acceptors (Lipinski definition) is 2. The molecule has 0 amide bonds. The minimum absolute atomic E-state index is 0.465. The van der Waals surface area contributed by atoms with E-state index in [0.717, 1.165) is 21.0 Å². The molecule has 0 aliphatic carbocycles. The SMILES string of the molecule is COc1cc(Br)cc2ccnc(Cl)c12. The van der Waals surface area contributed by atoms with Gasteiger partial charge in [-0.25, -0.2) is 4.98 Å². The van der Waals surface area contributed by atoms with Crippen molar-refractivity contribution in [1.29, 1.82) is 0 Å². The molecule has 0 bridgehead atoms. The van der Waals surface area contributed by atoms with Crippen LogP contribution in [0.3, 0.4) is 0 Å². The van der Waals surface area contributed by atoms with Gasteiger partial charge in [0.15, 0.2) is 0 Å². The summed E-state index contributed by atoms with van der Waals surface area (Å²) in [5.74, 6) is 0.729. The summed E-state index contributed by atoms with van der Waals surface area (Å²) in [4.78, 5) is 4.02. The predicted octanol–water partition coefficient (Wildman–Crippen LogP) is 3.66. The first kappa shape index (κ1) is 9.74. The number of hydrogen-bond donors (Lipinski definition) is 0. The van der Waals surface area contributed by atoms with Gasteiger partial charge < -0.3 is 4.74 Å². The van der Waals surface area contributed by atoms with Gasteiger partial charge in [-0.1, -0.05) is 27.5 Å². The molecule has 0 atom stereocenters. The van der Waals surface area contributed by atoms with Crippen LogP contribution in [0.4, 0.5) is 0 Å². The molecule has 0 unspecified atom stereocenters. The number of halogens is 2. The van der Waals surface area contributed by atoms with Gasteiger partial charge in [-0.15, -0.1) is 0 Å². The Morgan fingerprint density at radius 2 is 2.21 bits per heavy atom. The van der Waals surface area contributed by atoms with Crippen LogP contribution in [0.2, 0.25) is 5.15 Å². The van der Waals surface area contributed by atoms with E-state index in [0.29, 0.717) is 5.15 Å². The van der Waals surface area contributed by atoms with Crippen molar-refractivity contribution in [1.82, 2.24) is 4.98 Å². The molecule has 0 aliphatic heterocycles. The van der Waals surface area contributed by atoms with Crippen molar-refractivity contribution in [3.05, 3.63) is 34.0 Å². The fourth-order valence-corrected chi connectivity index (χ4v) is 2.08. The van der Waals surface area contributed by atoms with E-state index in [2.05, 4.69) is 20.9 Å². The molecule has 4 heteroatoms. The van der Waals surface area contributed by atoms with Crippen LogP contribution in [0.5, 0.6) is 5.75 Å². The summed E-state index contributed by atoms with van der Waals surface area (Å²) in [6, 6.07) is 5.75. The quantitative estimate of drug-likeness (QED) is 0.739. The highest BCUT2D eigenvalue weighted by molar-refractivity contribution is 9.10. The third-order valence-electron chi connectivity index (χ3n) is 1.97. The highest BCUT2D eigenvalue weighted by atomic mass is 79.9. The average molecular weight is 273 g/mol. The molecular formula is C10H7BrClNO. The molecular weight excluding hydrogens is 265 g/mol. The van der Waals surface area contributed by atoms with E-state index in [4.69, 9.17) is 16.3 Å². The molecule has 1 aromatic heterocycles. The molecule has 2 rings (SSSR count). The van der Waals surface area contributed by atoms with E-state index >= 15 is 0 Å². The van der Waals surface area contributed by atoms with Crippen LogP contribution in [0.1, 0.15) is 0 Å². The number of rotatable bonds is 1. The van der Waals surface area contributed by atoms with Crippen LogP contribution >= 0.6 is 27.5 Å². The Labute approximate surface area is 95.0 Å². The second-order valence-electron chi connectivity index (χ2n) is 2.81. The minimum Gasteiger partial charge on any atom is -0.496 e. The van der Waals surface area contributed by atoms with Gasteiger partial charge in [-0.2, -0.15) is 0 Å². The molecule has 72 valence electrons. The average Bonchev–Trinajstić information content (AvgIpc) is 2.16. The fraction of sp³-hybridized carbons (Fsp3) is 0.100. The largest absolute Gasteiger partial charge is 0.496 e. The van der Waals surface area contributed by atoms with Crippen LogP contribution in [0.15, 0.2) is 28.9 Å². The van der Waals surface area contributed by atoms with Crippen molar-refractivity contribution < 1.29 is 4.74 Å². The van der Waals surface area contributed by atoms with Gasteiger partial charge in [-0.05, 0) is 23.6 Å². The molecule has 0 N–H and O–H groups in total. The van der Waals surface area contributed by atoms with Crippen molar-refractivity contribution in [2.24, 2.45) is 0 Å². The van der Waals surface area contributed by atoms with Gasteiger partial charge in [0, 0.05) is 10.7 Å². The fourth-order valence-electron chi connectivity index (χ4n) is 1.36. The molecule has 2 aromatic rings. The smallest absolute Gasteiger partial charge is 0.140 e. The summed E-state index contributed by atoms with van der Waals surface area (Å²) in [6.07, 6.45) is 1.68. The lowest BCUT2D eigenvalue weighted by atomic mass is 10.1. The number of fused-ring (bicyclic) bond motifs is 1. The van der Waals surface area contributed by atoms with Crippen LogP contribution in [0, 0.1) is 0 Å². The number of benzene rings is 1. The van der Waals surface area contributed by atoms with Gasteiger partial charge in [0.25, 0.3) is 0 Å². The maximum absolute atomic E-state index is 5.99. The summed E-state index contributed by atoms with van der Waals surface area (Å²) >= 11 is 9.39. The number of nitrogens with zero attached hydrogens (tertiary/aromatic N) is 1. The van der Waals surface area contributed by atoms with Crippen molar-refractivity contribution >= 4 is 38.3 Å². The lowest BCUT2D eigenvalue weighted by Crippen LogP contribution is -1.87. The van der Waals surface area contributed by atoms with Gasteiger partial charge >= 0.3 is 0 Å². The molecule has 14 heavy (non-hydrogen) atoms. The van der Waals surface area contributed by atoms with Crippen LogP contribution in [-0.4, -0.2) is 12.1 Å². The van der Waals surface area contributed by atoms with E-state index in [1.807, 2.05) is 18.2 Å². The maximum Gasteiger partial charge on any atom is 0.140 e. The van der Waals surface area contributed by atoms with Crippen molar-refractivity contribution in [3.8, 4) is 5.75 Å². The second-order valence-corrected chi connectivity index (χ2v) is 4.08. The summed E-state index contributed by atoms with van der Waals surface area (Å²) in [5, 5.41) is 2.32. The first-order valence-corrected chi connectivity index (χ1v) is 5.17. The van der Waals surface area contributed by atoms with Gasteiger partial charge in [0.05, 0.1) is 12.5 Å². The minimum atomic E-state index is 0.465. The Morgan fingerprint density at radius 1 is 1.43 bits per heavy atom. The predicted molar refractivity (Wildman–Crippen MR) is 61.0 cm³/mol. The third kappa shape index (κ3) is 1.57. The Kier molecular flexibility index (Phi) is 2.61. The number of methoxy groups -OCH3 is 1. The molecule has 0 saturated carbocycles. The normalized spacial score (nSPS) is 10.5. The van der Waals surface area contributed by atoms with E-state index < -0.39 is 0 Å². The Bertz CT molecular complexity index is 487. The standard InChI is InChI=1S/C10H7BrClNO/c1-14-8-5-7(11)4-6-2-3-13-10(12)9(6)8/h2-5H,1H3. The van der Waals surface area contributed by atoms with Crippen molar-refractivity contribution in [2.75, 3.05) is 7.11 Å². The third-order valence-corrected chi connectivity index (χ3v) is 2.71. The van der Waals surface area contributed by atoms with E-state index in [1.54, 1.807) is 13.3 Å². The van der Waals surface area contributed by atoms with E-state index in [-0.39, 0.29) is 0 Å². The molecule has 1 heterocycles. The van der Waals surface area contributed by atoms with E-state index in [9.17, 15) is 0 Å². The summed E-state index contributed by atoms with van der Waals surface area (Å²) in [7, 11) is 1.62. The zero-order valence-corrected chi connectivity index (χ0v) is 9.76. The zero-order valence-electron chi connectivity index (χ0n) is 7.42. The molecule has 1 aromatic carbocycles. The summed E-state index contributed by atoms with van der Waals surface area (Å²) in [5.41, 5.74) is 0. The van der Waals surface area contributed by atoms with Gasteiger partial charge in [0.1, 0.15) is 10.9 Å². The molecule has 0 fully saturated rings. The van der Waals surface area contributed by atoms with E-state index in [1.165, 1.54) is 0 Å². The van der Waals surface area contributed by atoms with Gasteiger partial charge in [-0.3, -0.25) is 0 Å². The summed E-state index contributed by atoms with van der Waals surface area (Å²) < 4.78 is 6.20. The maximum atomic E-state index is 5.99. The monoisotopic (exact) mass is 271 g/mol. The lowest BCUT2D eigenvalue weighted by Gasteiger charge is -2.06. The molecule has 0 aliphatic rings. The summed E-state index contributed by atoms with van der Waals surface area (Å²) in [6.45, 7) is 0. The molecule has 2 nitrogen and oxygen atoms in total. The zero-order chi connectivity index (χ0) is 10.1. The molecule has 0 saturated heterocycles. The Hall–Kier alpha value is -0.800. The first-order chi connectivity index (χ1) is 6.72. The Balaban J connectivity index is 2.88. The van der Waals surface area contributed by atoms with Crippen LogP contribution in [-0.2, 0) is 0 Å². The number of ether oxygens (including phenoxy) is 1. The number of aromatic nitrogens is 1. The number of pyridine rings is 1. The van der Waals surface area contributed by atoms with Crippen LogP contribution < -0.4 is 4.74 Å². The van der Waals surface area contributed by atoms with Crippen molar-refractivity contribution in [2.45, 2.75) is 0 Å². The highest BCUT2D eigenvalue weighted by Gasteiger charge is 2.07. The van der Waals surface area contributed by atoms with Crippen molar-refractivity contribution in [3.63, 3.8) is 0 Å². The Morgan fingerprint density at radius 3 is 2.93 bits per heavy atom. The topological polar surface area (TPSA) is 22.1 Å². The molecule has 0 radical (unpaired) electrons. The lowest BCUT2D eigenvalue weighted by molar-refractivity contribution is 0.419. The highest BCUT2D eigenvalue weighted by Crippen LogP contribution is 2.33. The van der Waals surface area contributed by atoms with Crippen LogP contribution in [0.25, 0.3) is 10.8 Å². The van der Waals surface area contributed by atoms with Gasteiger partial charge in [0.2, 0.25) is 0 Å².